The highest BCUT2D eigenvalue weighted by Gasteiger charge is 2.32. The van der Waals surface area contributed by atoms with Crippen molar-refractivity contribution in [1.82, 2.24) is 15.5 Å². The lowest BCUT2D eigenvalue weighted by Crippen LogP contribution is -2.47. The molecule has 0 spiro atoms. The van der Waals surface area contributed by atoms with E-state index in [1.807, 2.05) is 7.05 Å². The number of hydrogen-bond donors (Lipinski definition) is 2. The minimum Gasteiger partial charge on any atom is -0.353 e. The number of nitrogens with one attached hydrogen (secondary N) is 2. The van der Waals surface area contributed by atoms with E-state index in [-0.39, 0.29) is 30.3 Å². The summed E-state index contributed by atoms with van der Waals surface area (Å²) in [5, 5.41) is 6.48. The van der Waals surface area contributed by atoms with Crippen LogP contribution in [0.25, 0.3) is 0 Å². The molecular formula is C21H38ClN3O2. The first-order valence-electron chi connectivity index (χ1n) is 10.9. The number of rotatable bonds is 6. The molecule has 5 nitrogen and oxygen atoms in total. The molecule has 2 saturated carbocycles. The van der Waals surface area contributed by atoms with Crippen molar-refractivity contribution in [2.24, 2.45) is 17.8 Å². The van der Waals surface area contributed by atoms with E-state index in [2.05, 4.69) is 15.5 Å². The normalized spacial score (nSPS) is 29.2. The van der Waals surface area contributed by atoms with Crippen LogP contribution < -0.4 is 10.6 Å². The van der Waals surface area contributed by atoms with Crippen LogP contribution in [0.15, 0.2) is 0 Å². The van der Waals surface area contributed by atoms with Gasteiger partial charge in [-0.3, -0.25) is 9.59 Å². The lowest BCUT2D eigenvalue weighted by molar-refractivity contribution is -0.138. The number of carbonyl (C=O) groups excluding carboxylic acids is 2. The summed E-state index contributed by atoms with van der Waals surface area (Å²) >= 11 is 0. The molecule has 0 aromatic heterocycles. The molecule has 0 aromatic carbocycles. The highest BCUT2D eigenvalue weighted by atomic mass is 35.5. The van der Waals surface area contributed by atoms with E-state index in [1.54, 1.807) is 0 Å². The Balaban J connectivity index is 0.00000261. The fourth-order valence-corrected chi connectivity index (χ4v) is 5.23. The van der Waals surface area contributed by atoms with Crippen LogP contribution in [-0.2, 0) is 9.59 Å². The SMILES string of the molecule is CNCC1CCCN(C(=O)C2CCC(NC(=O)CC3CCCC3)CC2)C1.Cl. The molecule has 3 aliphatic rings. The molecule has 2 aliphatic carbocycles. The molecule has 1 atom stereocenters. The van der Waals surface area contributed by atoms with Crippen molar-refractivity contribution in [2.45, 2.75) is 76.7 Å². The summed E-state index contributed by atoms with van der Waals surface area (Å²) in [6.07, 6.45) is 11.9. The monoisotopic (exact) mass is 399 g/mol. The van der Waals surface area contributed by atoms with Gasteiger partial charge in [0.1, 0.15) is 0 Å². The van der Waals surface area contributed by atoms with Gasteiger partial charge in [0.05, 0.1) is 0 Å². The zero-order chi connectivity index (χ0) is 18.4. The van der Waals surface area contributed by atoms with Crippen LogP contribution >= 0.6 is 12.4 Å². The maximum Gasteiger partial charge on any atom is 0.225 e. The third-order valence-electron chi connectivity index (χ3n) is 6.71. The van der Waals surface area contributed by atoms with Gasteiger partial charge >= 0.3 is 0 Å². The molecule has 2 amide bonds. The van der Waals surface area contributed by atoms with E-state index in [1.165, 1.54) is 32.1 Å². The van der Waals surface area contributed by atoms with Gasteiger partial charge in [0.2, 0.25) is 11.8 Å². The second kappa shape index (κ2) is 11.3. The molecule has 0 radical (unpaired) electrons. The van der Waals surface area contributed by atoms with Gasteiger partial charge in [-0.1, -0.05) is 12.8 Å². The van der Waals surface area contributed by atoms with Gasteiger partial charge in [0.25, 0.3) is 0 Å². The van der Waals surface area contributed by atoms with Crippen molar-refractivity contribution < 1.29 is 9.59 Å². The van der Waals surface area contributed by atoms with Gasteiger partial charge in [0, 0.05) is 31.5 Å². The zero-order valence-corrected chi connectivity index (χ0v) is 17.7. The number of piperidine rings is 1. The van der Waals surface area contributed by atoms with Gasteiger partial charge in [-0.25, -0.2) is 0 Å². The summed E-state index contributed by atoms with van der Waals surface area (Å²) in [6, 6.07) is 0.284. The van der Waals surface area contributed by atoms with E-state index in [0.717, 1.165) is 51.7 Å². The van der Waals surface area contributed by atoms with Gasteiger partial charge in [-0.15, -0.1) is 12.4 Å². The Labute approximate surface area is 170 Å². The summed E-state index contributed by atoms with van der Waals surface area (Å²) in [4.78, 5) is 27.2. The third-order valence-corrected chi connectivity index (χ3v) is 6.71. The highest BCUT2D eigenvalue weighted by Crippen LogP contribution is 2.30. The summed E-state index contributed by atoms with van der Waals surface area (Å²) in [5.74, 6) is 1.98. The van der Waals surface area contributed by atoms with Gasteiger partial charge in [-0.2, -0.15) is 0 Å². The molecule has 0 bridgehead atoms. The topological polar surface area (TPSA) is 61.4 Å². The predicted octanol–water partition coefficient (Wildman–Crippen LogP) is 3.12. The first kappa shape index (κ1) is 22.5. The van der Waals surface area contributed by atoms with Crippen LogP contribution in [0.2, 0.25) is 0 Å². The summed E-state index contributed by atoms with van der Waals surface area (Å²) < 4.78 is 0. The fourth-order valence-electron chi connectivity index (χ4n) is 5.23. The molecule has 1 aliphatic heterocycles. The zero-order valence-electron chi connectivity index (χ0n) is 16.9. The fraction of sp³-hybridized carbons (Fsp3) is 0.905. The highest BCUT2D eigenvalue weighted by molar-refractivity contribution is 5.85. The second-order valence-electron chi connectivity index (χ2n) is 8.82. The van der Waals surface area contributed by atoms with Crippen LogP contribution in [0, 0.1) is 17.8 Å². The molecule has 3 fully saturated rings. The number of likely N-dealkylation sites (tertiary alicyclic amines) is 1. The average molecular weight is 400 g/mol. The Hall–Kier alpha value is -0.810. The van der Waals surface area contributed by atoms with Crippen LogP contribution in [0.4, 0.5) is 0 Å². The third kappa shape index (κ3) is 6.63. The molecule has 3 rings (SSSR count). The summed E-state index contributed by atoms with van der Waals surface area (Å²) in [6.45, 7) is 2.85. The number of amides is 2. The molecular weight excluding hydrogens is 362 g/mol. The van der Waals surface area contributed by atoms with E-state index < -0.39 is 0 Å². The Morgan fingerprint density at radius 1 is 0.926 bits per heavy atom. The summed E-state index contributed by atoms with van der Waals surface area (Å²) in [5.41, 5.74) is 0. The average Bonchev–Trinajstić information content (AvgIpc) is 3.15. The van der Waals surface area contributed by atoms with Crippen molar-refractivity contribution in [1.29, 1.82) is 0 Å². The Bertz CT molecular complexity index is 472. The first-order chi connectivity index (χ1) is 12.7. The lowest BCUT2D eigenvalue weighted by Gasteiger charge is -2.37. The quantitative estimate of drug-likeness (QED) is 0.721. The van der Waals surface area contributed by atoms with E-state index in [0.29, 0.717) is 24.2 Å². The largest absolute Gasteiger partial charge is 0.353 e. The van der Waals surface area contributed by atoms with Gasteiger partial charge in [0.15, 0.2) is 0 Å². The van der Waals surface area contributed by atoms with Gasteiger partial charge in [-0.05, 0) is 76.8 Å². The maximum atomic E-state index is 12.9. The lowest BCUT2D eigenvalue weighted by atomic mass is 9.84. The van der Waals surface area contributed by atoms with Crippen LogP contribution in [-0.4, -0.2) is 49.4 Å². The first-order valence-corrected chi connectivity index (χ1v) is 10.9. The van der Waals surface area contributed by atoms with Crippen molar-refractivity contribution >= 4 is 24.2 Å². The molecule has 2 N–H and O–H groups in total. The van der Waals surface area contributed by atoms with Crippen molar-refractivity contribution in [3.8, 4) is 0 Å². The van der Waals surface area contributed by atoms with E-state index in [4.69, 9.17) is 0 Å². The van der Waals surface area contributed by atoms with Crippen LogP contribution in [0.5, 0.6) is 0 Å². The second-order valence-corrected chi connectivity index (χ2v) is 8.82. The molecule has 6 heteroatoms. The smallest absolute Gasteiger partial charge is 0.225 e. The minimum absolute atomic E-state index is 0. The predicted molar refractivity (Wildman–Crippen MR) is 111 cm³/mol. The van der Waals surface area contributed by atoms with Crippen LogP contribution in [0.3, 0.4) is 0 Å². The Morgan fingerprint density at radius 2 is 1.59 bits per heavy atom. The van der Waals surface area contributed by atoms with Gasteiger partial charge < -0.3 is 15.5 Å². The number of nitrogens with zero attached hydrogens (tertiary/aromatic N) is 1. The maximum absolute atomic E-state index is 12.9. The minimum atomic E-state index is 0. The molecule has 1 saturated heterocycles. The molecule has 1 heterocycles. The summed E-state index contributed by atoms with van der Waals surface area (Å²) in [7, 11) is 1.99. The number of halogens is 1. The van der Waals surface area contributed by atoms with Crippen LogP contribution in [0.1, 0.15) is 70.6 Å². The van der Waals surface area contributed by atoms with Crippen molar-refractivity contribution in [3.05, 3.63) is 0 Å². The number of carbonyl (C=O) groups is 2. The number of hydrogen-bond acceptors (Lipinski definition) is 3. The Kier molecular flexibility index (Phi) is 9.37. The molecule has 156 valence electrons. The molecule has 27 heavy (non-hydrogen) atoms. The van der Waals surface area contributed by atoms with Crippen molar-refractivity contribution in [2.75, 3.05) is 26.7 Å². The molecule has 1 unspecified atom stereocenters. The Morgan fingerprint density at radius 3 is 2.26 bits per heavy atom. The van der Waals surface area contributed by atoms with Crippen molar-refractivity contribution in [3.63, 3.8) is 0 Å². The van der Waals surface area contributed by atoms with E-state index in [9.17, 15) is 9.59 Å². The molecule has 0 aromatic rings. The standard InChI is InChI=1S/C21H37N3O2.ClH/c1-22-14-17-7-4-12-24(15-17)21(26)18-8-10-19(11-9-18)23-20(25)13-16-5-2-3-6-16;/h16-19,22H,2-15H2,1H3,(H,23,25);1H. The van der Waals surface area contributed by atoms with E-state index >= 15 is 0 Å².